The number of hydrogen-bond acceptors (Lipinski definition) is 5. The van der Waals surface area contributed by atoms with Crippen molar-refractivity contribution in [2.24, 2.45) is 7.05 Å². The fourth-order valence-corrected chi connectivity index (χ4v) is 3.70. The standard InChI is InChI=1S/C22H22N4O4/c1-26-11-10-23-20(26)19(13-6-8-14(30-2)9-7-13)25-22(29)16-12-15-17(24-21(16)28)4-3-5-18(15)27/h6-12,19H,3-5H2,1-2H3,(H,24,28)(H,25,29). The number of Topliss-reactive ketones (excluding diaryl/α,β-unsaturated/α-hetero) is 1. The average molecular weight is 406 g/mol. The van der Waals surface area contributed by atoms with Gasteiger partial charge in [0.05, 0.1) is 7.11 Å². The van der Waals surface area contributed by atoms with E-state index in [9.17, 15) is 14.4 Å². The van der Waals surface area contributed by atoms with Crippen molar-refractivity contribution in [2.45, 2.75) is 25.3 Å². The molecule has 1 aliphatic carbocycles. The molecule has 0 saturated carbocycles. The lowest BCUT2D eigenvalue weighted by molar-refractivity contribution is 0.0939. The Morgan fingerprint density at radius 3 is 2.67 bits per heavy atom. The highest BCUT2D eigenvalue weighted by Crippen LogP contribution is 2.24. The first-order valence-electron chi connectivity index (χ1n) is 9.69. The van der Waals surface area contributed by atoms with E-state index < -0.39 is 17.5 Å². The quantitative estimate of drug-likeness (QED) is 0.675. The van der Waals surface area contributed by atoms with E-state index in [1.54, 1.807) is 36.2 Å². The number of benzene rings is 1. The normalized spacial score (nSPS) is 14.1. The highest BCUT2D eigenvalue weighted by molar-refractivity contribution is 6.01. The number of methoxy groups -OCH3 is 1. The molecule has 8 heteroatoms. The van der Waals surface area contributed by atoms with Crippen molar-refractivity contribution in [3.05, 3.63) is 81.3 Å². The van der Waals surface area contributed by atoms with Crippen LogP contribution in [0.1, 0.15) is 56.7 Å². The van der Waals surface area contributed by atoms with Crippen LogP contribution in [0.5, 0.6) is 5.75 Å². The van der Waals surface area contributed by atoms with Crippen LogP contribution in [0.2, 0.25) is 0 Å². The van der Waals surface area contributed by atoms with Crippen molar-refractivity contribution in [1.29, 1.82) is 0 Å². The smallest absolute Gasteiger partial charge is 0.261 e. The van der Waals surface area contributed by atoms with Crippen molar-refractivity contribution in [1.82, 2.24) is 19.9 Å². The van der Waals surface area contributed by atoms with Crippen molar-refractivity contribution < 1.29 is 14.3 Å². The van der Waals surface area contributed by atoms with Gasteiger partial charge in [0.25, 0.3) is 11.5 Å². The summed E-state index contributed by atoms with van der Waals surface area (Å²) >= 11 is 0. The van der Waals surface area contributed by atoms with Gasteiger partial charge in [-0.1, -0.05) is 12.1 Å². The molecule has 2 N–H and O–H groups in total. The average Bonchev–Trinajstić information content (AvgIpc) is 3.17. The summed E-state index contributed by atoms with van der Waals surface area (Å²) in [6.07, 6.45) is 5.17. The van der Waals surface area contributed by atoms with Crippen LogP contribution in [-0.2, 0) is 13.5 Å². The van der Waals surface area contributed by atoms with Gasteiger partial charge in [-0.05, 0) is 36.6 Å². The van der Waals surface area contributed by atoms with Crippen LogP contribution < -0.4 is 15.6 Å². The van der Waals surface area contributed by atoms with Gasteiger partial charge in [0.2, 0.25) is 0 Å². The van der Waals surface area contributed by atoms with E-state index in [4.69, 9.17) is 4.74 Å². The van der Waals surface area contributed by atoms with Crippen LogP contribution in [0.25, 0.3) is 0 Å². The summed E-state index contributed by atoms with van der Waals surface area (Å²) in [7, 11) is 3.41. The molecule has 1 amide bonds. The molecule has 1 atom stereocenters. The Balaban J connectivity index is 1.70. The lowest BCUT2D eigenvalue weighted by atomic mass is 9.93. The number of hydrogen-bond donors (Lipinski definition) is 2. The fraction of sp³-hybridized carbons (Fsp3) is 0.273. The largest absolute Gasteiger partial charge is 0.497 e. The number of ether oxygens (including phenoxy) is 1. The SMILES string of the molecule is COc1ccc(C(NC(=O)c2cc3c([nH]c2=O)CCCC3=O)c2nccn2C)cc1. The van der Waals surface area contributed by atoms with Crippen LogP contribution in [0.15, 0.2) is 47.5 Å². The molecule has 0 saturated heterocycles. The summed E-state index contributed by atoms with van der Waals surface area (Å²) in [6.45, 7) is 0. The predicted octanol–water partition coefficient (Wildman–Crippen LogP) is 2.16. The molecule has 1 aromatic carbocycles. The van der Waals surface area contributed by atoms with E-state index in [2.05, 4.69) is 15.3 Å². The van der Waals surface area contributed by atoms with Gasteiger partial charge in [-0.3, -0.25) is 14.4 Å². The van der Waals surface area contributed by atoms with Crippen LogP contribution in [0.4, 0.5) is 0 Å². The van der Waals surface area contributed by atoms with Gasteiger partial charge in [0.1, 0.15) is 23.2 Å². The topological polar surface area (TPSA) is 106 Å². The molecule has 8 nitrogen and oxygen atoms in total. The zero-order valence-electron chi connectivity index (χ0n) is 16.8. The number of H-pyrrole nitrogens is 1. The third kappa shape index (κ3) is 3.63. The second kappa shape index (κ2) is 7.98. The van der Waals surface area contributed by atoms with Gasteiger partial charge in [-0.15, -0.1) is 0 Å². The Hall–Kier alpha value is -3.68. The number of aryl methyl sites for hydroxylation is 2. The molecule has 0 spiro atoms. The number of aromatic amines is 1. The van der Waals surface area contributed by atoms with Crippen LogP contribution in [0, 0.1) is 0 Å². The molecule has 3 aromatic rings. The first-order valence-corrected chi connectivity index (χ1v) is 9.69. The Morgan fingerprint density at radius 2 is 2.00 bits per heavy atom. The third-order valence-corrected chi connectivity index (χ3v) is 5.34. The van der Waals surface area contributed by atoms with E-state index in [0.717, 1.165) is 5.56 Å². The van der Waals surface area contributed by atoms with Crippen molar-refractivity contribution in [3.8, 4) is 5.75 Å². The maximum Gasteiger partial charge on any atom is 0.261 e. The number of ketones is 1. The summed E-state index contributed by atoms with van der Waals surface area (Å²) in [5, 5.41) is 2.90. The first kappa shape index (κ1) is 19.6. The minimum atomic E-state index is -0.588. The van der Waals surface area contributed by atoms with Gasteiger partial charge in [0.15, 0.2) is 5.78 Å². The van der Waals surface area contributed by atoms with Crippen molar-refractivity contribution in [2.75, 3.05) is 7.11 Å². The number of nitrogens with one attached hydrogen (secondary N) is 2. The molecule has 4 rings (SSSR count). The molecule has 0 bridgehead atoms. The molecule has 30 heavy (non-hydrogen) atoms. The zero-order chi connectivity index (χ0) is 21.3. The van der Waals surface area contributed by atoms with E-state index >= 15 is 0 Å². The van der Waals surface area contributed by atoms with Gasteiger partial charge in [-0.25, -0.2) is 4.98 Å². The van der Waals surface area contributed by atoms with Gasteiger partial charge >= 0.3 is 0 Å². The third-order valence-electron chi connectivity index (χ3n) is 5.34. The summed E-state index contributed by atoms with van der Waals surface area (Å²) in [6, 6.07) is 8.07. The van der Waals surface area contributed by atoms with E-state index in [0.29, 0.717) is 42.1 Å². The van der Waals surface area contributed by atoms with Crippen LogP contribution in [0.3, 0.4) is 0 Å². The lowest BCUT2D eigenvalue weighted by Gasteiger charge is -2.20. The molecule has 2 aromatic heterocycles. The van der Waals surface area contributed by atoms with Gasteiger partial charge < -0.3 is 19.6 Å². The number of carbonyl (C=O) groups is 2. The highest BCUT2D eigenvalue weighted by atomic mass is 16.5. The number of amides is 1. The summed E-state index contributed by atoms with van der Waals surface area (Å²) < 4.78 is 7.01. The summed E-state index contributed by atoms with van der Waals surface area (Å²) in [5.41, 5.74) is 1.21. The highest BCUT2D eigenvalue weighted by Gasteiger charge is 2.26. The van der Waals surface area contributed by atoms with Crippen molar-refractivity contribution in [3.63, 3.8) is 0 Å². The van der Waals surface area contributed by atoms with Crippen LogP contribution in [-0.4, -0.2) is 33.3 Å². The monoisotopic (exact) mass is 406 g/mol. The second-order valence-electron chi connectivity index (χ2n) is 7.26. The Bertz CT molecular complexity index is 1160. The first-order chi connectivity index (χ1) is 14.5. The zero-order valence-corrected chi connectivity index (χ0v) is 16.8. The van der Waals surface area contributed by atoms with E-state index in [1.165, 1.54) is 6.07 Å². The molecule has 0 fully saturated rings. The lowest BCUT2D eigenvalue weighted by Crippen LogP contribution is -2.35. The number of rotatable bonds is 5. The summed E-state index contributed by atoms with van der Waals surface area (Å²) in [4.78, 5) is 44.9. The molecule has 1 aliphatic rings. The minimum absolute atomic E-state index is 0.0580. The maximum absolute atomic E-state index is 13.1. The number of pyridine rings is 1. The molecule has 154 valence electrons. The molecular formula is C22H22N4O4. The number of aromatic nitrogens is 3. The fourth-order valence-electron chi connectivity index (χ4n) is 3.70. The van der Waals surface area contributed by atoms with Crippen molar-refractivity contribution >= 4 is 11.7 Å². The molecular weight excluding hydrogens is 384 g/mol. The molecule has 1 unspecified atom stereocenters. The second-order valence-corrected chi connectivity index (χ2v) is 7.26. The molecule has 0 aliphatic heterocycles. The predicted molar refractivity (Wildman–Crippen MR) is 110 cm³/mol. The Labute approximate surface area is 172 Å². The molecule has 0 radical (unpaired) electrons. The Morgan fingerprint density at radius 1 is 1.23 bits per heavy atom. The van der Waals surface area contributed by atoms with Gasteiger partial charge in [0, 0.05) is 37.1 Å². The van der Waals surface area contributed by atoms with E-state index in [-0.39, 0.29) is 11.3 Å². The van der Waals surface area contributed by atoms with E-state index in [1.807, 2.05) is 19.2 Å². The molecule has 2 heterocycles. The maximum atomic E-state index is 13.1. The number of fused-ring (bicyclic) bond motifs is 1. The summed E-state index contributed by atoms with van der Waals surface area (Å²) in [5.74, 6) is 0.672. The van der Waals surface area contributed by atoms with Crippen LogP contribution >= 0.6 is 0 Å². The number of carbonyl (C=O) groups excluding carboxylic acids is 2. The number of nitrogens with zero attached hydrogens (tertiary/aromatic N) is 2. The number of imidazole rings is 1. The minimum Gasteiger partial charge on any atom is -0.497 e. The van der Waals surface area contributed by atoms with Gasteiger partial charge in [-0.2, -0.15) is 0 Å². The Kier molecular flexibility index (Phi) is 5.22.